The lowest BCUT2D eigenvalue weighted by Gasteiger charge is -2.22. The SMILES string of the molecule is CCN(CC(=O)Nc1c(Cl)cccc1Cl)C(=O)c1cc(C2CC2)nc2ccccc12. The highest BCUT2D eigenvalue weighted by Crippen LogP contribution is 2.40. The number of carbonyl (C=O) groups excluding carboxylic acids is 2. The summed E-state index contributed by atoms with van der Waals surface area (Å²) in [6.07, 6.45) is 2.19. The van der Waals surface area contributed by atoms with Crippen LogP contribution in [0.15, 0.2) is 48.5 Å². The van der Waals surface area contributed by atoms with Gasteiger partial charge in [-0.2, -0.15) is 0 Å². The van der Waals surface area contributed by atoms with E-state index in [-0.39, 0.29) is 18.4 Å². The third kappa shape index (κ3) is 4.27. The Morgan fingerprint density at radius 2 is 1.80 bits per heavy atom. The highest BCUT2D eigenvalue weighted by molar-refractivity contribution is 6.39. The molecule has 0 aliphatic heterocycles. The van der Waals surface area contributed by atoms with Gasteiger partial charge in [0, 0.05) is 23.5 Å². The number of nitrogens with zero attached hydrogens (tertiary/aromatic N) is 2. The smallest absolute Gasteiger partial charge is 0.255 e. The van der Waals surface area contributed by atoms with Gasteiger partial charge < -0.3 is 10.2 Å². The van der Waals surface area contributed by atoms with Gasteiger partial charge in [-0.1, -0.05) is 47.5 Å². The molecular weight excluding hydrogens is 421 g/mol. The van der Waals surface area contributed by atoms with Crippen molar-refractivity contribution < 1.29 is 9.59 Å². The number of rotatable bonds is 6. The summed E-state index contributed by atoms with van der Waals surface area (Å²) in [5.41, 5.74) is 2.67. The summed E-state index contributed by atoms with van der Waals surface area (Å²) in [5, 5.41) is 4.20. The van der Waals surface area contributed by atoms with Crippen LogP contribution in [-0.2, 0) is 4.79 Å². The number of amides is 2. The van der Waals surface area contributed by atoms with E-state index in [1.807, 2.05) is 37.3 Å². The molecule has 0 radical (unpaired) electrons. The van der Waals surface area contributed by atoms with Crippen molar-refractivity contribution in [2.24, 2.45) is 0 Å². The fourth-order valence-electron chi connectivity index (χ4n) is 3.43. The van der Waals surface area contributed by atoms with E-state index in [1.165, 1.54) is 4.90 Å². The van der Waals surface area contributed by atoms with Gasteiger partial charge in [-0.05, 0) is 44.0 Å². The zero-order valence-electron chi connectivity index (χ0n) is 16.5. The Bertz CT molecular complexity index is 1110. The third-order valence-corrected chi connectivity index (χ3v) is 5.82. The Hall–Kier alpha value is -2.63. The average molecular weight is 442 g/mol. The zero-order chi connectivity index (χ0) is 21.3. The molecule has 0 spiro atoms. The predicted molar refractivity (Wildman–Crippen MR) is 120 cm³/mol. The first-order valence-corrected chi connectivity index (χ1v) is 10.7. The predicted octanol–water partition coefficient (Wildman–Crippen LogP) is 5.52. The van der Waals surface area contributed by atoms with Gasteiger partial charge in [0.05, 0.1) is 26.8 Å². The van der Waals surface area contributed by atoms with E-state index < -0.39 is 0 Å². The standard InChI is InChI=1S/C23H21Cl2N3O2/c1-2-28(13-21(29)27-22-17(24)7-5-8-18(22)25)23(30)16-12-20(14-10-11-14)26-19-9-4-3-6-15(16)19/h3-9,12,14H,2,10-11,13H2,1H3,(H,27,29). The molecule has 1 N–H and O–H groups in total. The van der Waals surface area contributed by atoms with Crippen molar-refractivity contribution >= 4 is 51.6 Å². The molecule has 30 heavy (non-hydrogen) atoms. The van der Waals surface area contributed by atoms with Gasteiger partial charge in [-0.15, -0.1) is 0 Å². The number of hydrogen-bond acceptors (Lipinski definition) is 3. The molecule has 7 heteroatoms. The van der Waals surface area contributed by atoms with Gasteiger partial charge in [-0.3, -0.25) is 14.6 Å². The number of pyridine rings is 1. The lowest BCUT2D eigenvalue weighted by Crippen LogP contribution is -2.38. The largest absolute Gasteiger partial charge is 0.330 e. The fourth-order valence-corrected chi connectivity index (χ4v) is 3.92. The molecule has 3 aromatic rings. The van der Waals surface area contributed by atoms with E-state index in [2.05, 4.69) is 5.32 Å². The number of para-hydroxylation sites is 2. The molecule has 4 rings (SSSR count). The molecule has 0 bridgehead atoms. The lowest BCUT2D eigenvalue weighted by molar-refractivity contribution is -0.116. The molecule has 1 aliphatic carbocycles. The van der Waals surface area contributed by atoms with Crippen molar-refractivity contribution in [3.63, 3.8) is 0 Å². The molecular formula is C23H21Cl2N3O2. The lowest BCUT2D eigenvalue weighted by atomic mass is 10.0. The van der Waals surface area contributed by atoms with E-state index in [0.29, 0.717) is 33.8 Å². The van der Waals surface area contributed by atoms with Crippen molar-refractivity contribution in [2.45, 2.75) is 25.7 Å². The van der Waals surface area contributed by atoms with Crippen molar-refractivity contribution in [1.29, 1.82) is 0 Å². The number of likely N-dealkylation sites (N-methyl/N-ethyl adjacent to an activating group) is 1. The molecule has 5 nitrogen and oxygen atoms in total. The summed E-state index contributed by atoms with van der Waals surface area (Å²) in [7, 11) is 0. The van der Waals surface area contributed by atoms with Crippen LogP contribution in [0.4, 0.5) is 5.69 Å². The molecule has 2 amide bonds. The molecule has 1 heterocycles. The quantitative estimate of drug-likeness (QED) is 0.547. The van der Waals surface area contributed by atoms with Gasteiger partial charge in [0.25, 0.3) is 5.91 Å². The zero-order valence-corrected chi connectivity index (χ0v) is 18.0. The van der Waals surface area contributed by atoms with Crippen LogP contribution >= 0.6 is 23.2 Å². The fraction of sp³-hybridized carbons (Fsp3) is 0.261. The number of benzene rings is 2. The van der Waals surface area contributed by atoms with Crippen LogP contribution in [-0.4, -0.2) is 34.8 Å². The Labute approximate surface area is 185 Å². The number of anilines is 1. The van der Waals surface area contributed by atoms with Gasteiger partial charge >= 0.3 is 0 Å². The molecule has 0 atom stereocenters. The molecule has 1 aromatic heterocycles. The molecule has 2 aromatic carbocycles. The summed E-state index contributed by atoms with van der Waals surface area (Å²) < 4.78 is 0. The van der Waals surface area contributed by atoms with Gasteiger partial charge in [0.15, 0.2) is 0 Å². The molecule has 1 aliphatic rings. The number of carbonyl (C=O) groups is 2. The summed E-state index contributed by atoms with van der Waals surface area (Å²) in [5.74, 6) is -0.138. The Morgan fingerprint density at radius 1 is 1.10 bits per heavy atom. The van der Waals surface area contributed by atoms with Crippen LogP contribution < -0.4 is 5.32 Å². The van der Waals surface area contributed by atoms with Gasteiger partial charge in [0.1, 0.15) is 6.54 Å². The second kappa shape index (κ2) is 8.62. The van der Waals surface area contributed by atoms with E-state index in [1.54, 1.807) is 18.2 Å². The van der Waals surface area contributed by atoms with Crippen LogP contribution in [0.25, 0.3) is 10.9 Å². The minimum absolute atomic E-state index is 0.105. The van der Waals surface area contributed by atoms with Crippen molar-refractivity contribution in [3.8, 4) is 0 Å². The Morgan fingerprint density at radius 3 is 2.47 bits per heavy atom. The first kappa shape index (κ1) is 20.6. The van der Waals surface area contributed by atoms with Crippen LogP contribution in [0.2, 0.25) is 10.0 Å². The van der Waals surface area contributed by atoms with E-state index in [9.17, 15) is 9.59 Å². The molecule has 0 unspecified atom stereocenters. The minimum Gasteiger partial charge on any atom is -0.330 e. The summed E-state index contributed by atoms with van der Waals surface area (Å²) in [6.45, 7) is 2.13. The van der Waals surface area contributed by atoms with E-state index in [0.717, 1.165) is 29.4 Å². The molecule has 1 saturated carbocycles. The first-order valence-electron chi connectivity index (χ1n) is 9.90. The van der Waals surface area contributed by atoms with Crippen LogP contribution in [0.5, 0.6) is 0 Å². The van der Waals surface area contributed by atoms with Gasteiger partial charge in [-0.25, -0.2) is 0 Å². The van der Waals surface area contributed by atoms with Crippen LogP contribution in [0, 0.1) is 0 Å². The summed E-state index contributed by atoms with van der Waals surface area (Å²) in [6, 6.07) is 14.5. The van der Waals surface area contributed by atoms with Crippen molar-refractivity contribution in [3.05, 3.63) is 69.8 Å². The molecule has 0 saturated heterocycles. The topological polar surface area (TPSA) is 62.3 Å². The van der Waals surface area contributed by atoms with Gasteiger partial charge in [0.2, 0.25) is 5.91 Å². The average Bonchev–Trinajstić information content (AvgIpc) is 3.59. The summed E-state index contributed by atoms with van der Waals surface area (Å²) in [4.78, 5) is 32.2. The number of fused-ring (bicyclic) bond motifs is 1. The maximum absolute atomic E-state index is 13.4. The highest BCUT2D eigenvalue weighted by atomic mass is 35.5. The number of halogens is 2. The van der Waals surface area contributed by atoms with E-state index >= 15 is 0 Å². The summed E-state index contributed by atoms with van der Waals surface area (Å²) >= 11 is 12.3. The number of aromatic nitrogens is 1. The highest BCUT2D eigenvalue weighted by Gasteiger charge is 2.28. The normalized spacial score (nSPS) is 13.3. The van der Waals surface area contributed by atoms with Crippen molar-refractivity contribution in [2.75, 3.05) is 18.4 Å². The second-order valence-electron chi connectivity index (χ2n) is 7.35. The Kier molecular flexibility index (Phi) is 5.93. The maximum Gasteiger partial charge on any atom is 0.255 e. The molecule has 1 fully saturated rings. The molecule has 154 valence electrons. The number of nitrogens with one attached hydrogen (secondary N) is 1. The minimum atomic E-state index is -0.360. The Balaban J connectivity index is 1.59. The second-order valence-corrected chi connectivity index (χ2v) is 8.16. The first-order chi connectivity index (χ1) is 14.5. The van der Waals surface area contributed by atoms with Crippen molar-refractivity contribution in [1.82, 2.24) is 9.88 Å². The van der Waals surface area contributed by atoms with E-state index in [4.69, 9.17) is 28.2 Å². The third-order valence-electron chi connectivity index (χ3n) is 5.19. The van der Waals surface area contributed by atoms with Crippen LogP contribution in [0.1, 0.15) is 41.7 Å². The number of hydrogen-bond donors (Lipinski definition) is 1. The maximum atomic E-state index is 13.4. The van der Waals surface area contributed by atoms with Crippen LogP contribution in [0.3, 0.4) is 0 Å². The monoisotopic (exact) mass is 441 g/mol.